The summed E-state index contributed by atoms with van der Waals surface area (Å²) in [5.41, 5.74) is 1.23. The molecule has 2 unspecified atom stereocenters. The molecular formula is C22H28N2O5. The molecule has 1 amide bonds. The third kappa shape index (κ3) is 5.40. The van der Waals surface area contributed by atoms with Crippen LogP contribution in [0.25, 0.3) is 0 Å². The van der Waals surface area contributed by atoms with Gasteiger partial charge in [-0.05, 0) is 57.0 Å². The van der Waals surface area contributed by atoms with Gasteiger partial charge in [-0.2, -0.15) is 0 Å². The van der Waals surface area contributed by atoms with Crippen molar-refractivity contribution < 1.29 is 24.5 Å². The van der Waals surface area contributed by atoms with Crippen molar-refractivity contribution in [3.63, 3.8) is 0 Å². The van der Waals surface area contributed by atoms with Gasteiger partial charge in [0.05, 0.1) is 12.3 Å². The topological polar surface area (TPSA) is 100 Å². The van der Waals surface area contributed by atoms with Crippen LogP contribution in [0.3, 0.4) is 0 Å². The van der Waals surface area contributed by atoms with Crippen LogP contribution in [0.15, 0.2) is 42.5 Å². The molecule has 0 bridgehead atoms. The van der Waals surface area contributed by atoms with Crippen LogP contribution in [-0.4, -0.2) is 47.0 Å². The molecule has 0 fully saturated rings. The number of phenolic OH excluding ortho intramolecular Hbond substituents is 1. The third-order valence-corrected chi connectivity index (χ3v) is 4.75. The molecule has 0 saturated carbocycles. The molecule has 4 N–H and O–H groups in total. The number of aromatic hydroxyl groups is 1. The van der Waals surface area contributed by atoms with E-state index in [-0.39, 0.29) is 17.8 Å². The normalized spacial score (nSPS) is 17.1. The Morgan fingerprint density at radius 2 is 1.97 bits per heavy atom. The molecule has 0 saturated heterocycles. The summed E-state index contributed by atoms with van der Waals surface area (Å²) in [7, 11) is 0. The number of β-amino-alcohol motifs (C(OH)–C–C–N with tert-alkyl or cyclic N) is 1. The van der Waals surface area contributed by atoms with Gasteiger partial charge in [-0.1, -0.05) is 12.1 Å². The molecule has 7 nitrogen and oxygen atoms in total. The zero-order chi connectivity index (χ0) is 21.0. The zero-order valence-corrected chi connectivity index (χ0v) is 16.9. The summed E-state index contributed by atoms with van der Waals surface area (Å²) in [5.74, 6) is 0.845. The molecule has 29 heavy (non-hydrogen) atoms. The number of carbonyl (C=O) groups excluding carboxylic acids is 1. The Kier molecular flexibility index (Phi) is 6.30. The van der Waals surface area contributed by atoms with E-state index in [0.717, 1.165) is 17.7 Å². The maximum Gasteiger partial charge on any atom is 0.268 e. The van der Waals surface area contributed by atoms with Crippen LogP contribution in [0.2, 0.25) is 0 Å². The summed E-state index contributed by atoms with van der Waals surface area (Å²) >= 11 is 0. The molecular weight excluding hydrogens is 372 g/mol. The first-order chi connectivity index (χ1) is 13.8. The minimum Gasteiger partial charge on any atom is -0.508 e. The van der Waals surface area contributed by atoms with E-state index in [2.05, 4.69) is 10.6 Å². The van der Waals surface area contributed by atoms with Crippen molar-refractivity contribution in [2.24, 2.45) is 0 Å². The van der Waals surface area contributed by atoms with Crippen LogP contribution < -0.4 is 20.1 Å². The number of hydrogen-bond acceptors (Lipinski definition) is 6. The van der Waals surface area contributed by atoms with E-state index in [9.17, 15) is 15.0 Å². The molecule has 2 aromatic carbocycles. The smallest absolute Gasteiger partial charge is 0.268 e. The Morgan fingerprint density at radius 3 is 2.66 bits per heavy atom. The monoisotopic (exact) mass is 400 g/mol. The second kappa shape index (κ2) is 8.71. The van der Waals surface area contributed by atoms with Gasteiger partial charge in [-0.3, -0.25) is 4.79 Å². The standard InChI is InChI=1S/C22H28N2O5/c1-4-28-16-8-5-14(6-9-16)12-22(2,3)23-13-18(26)20-21(27)24-17-11-15(25)7-10-19(17)29-20/h5-11,18,20,23,25-26H,4,12-13H2,1-3H3,(H,24,27). The summed E-state index contributed by atoms with van der Waals surface area (Å²) in [6.45, 7) is 6.85. The van der Waals surface area contributed by atoms with Crippen molar-refractivity contribution in [3.05, 3.63) is 48.0 Å². The van der Waals surface area contributed by atoms with Crippen LogP contribution in [0.1, 0.15) is 26.3 Å². The lowest BCUT2D eigenvalue weighted by Gasteiger charge is -2.32. The Labute approximate surface area is 170 Å². The molecule has 156 valence electrons. The summed E-state index contributed by atoms with van der Waals surface area (Å²) in [6.07, 6.45) is -1.32. The third-order valence-electron chi connectivity index (χ3n) is 4.75. The molecule has 7 heteroatoms. The first-order valence-electron chi connectivity index (χ1n) is 9.73. The van der Waals surface area contributed by atoms with Crippen molar-refractivity contribution in [1.29, 1.82) is 0 Å². The molecule has 0 radical (unpaired) electrons. The molecule has 1 heterocycles. The van der Waals surface area contributed by atoms with Gasteiger partial charge in [0.15, 0.2) is 0 Å². The Balaban J connectivity index is 1.56. The van der Waals surface area contributed by atoms with Gasteiger partial charge in [0.1, 0.15) is 23.4 Å². The minimum absolute atomic E-state index is 0.0318. The first kappa shape index (κ1) is 21.0. The highest BCUT2D eigenvalue weighted by molar-refractivity contribution is 5.98. The van der Waals surface area contributed by atoms with E-state index >= 15 is 0 Å². The number of carbonyl (C=O) groups is 1. The number of amides is 1. The predicted molar refractivity (Wildman–Crippen MR) is 111 cm³/mol. The summed E-state index contributed by atoms with van der Waals surface area (Å²) in [4.78, 5) is 12.3. The highest BCUT2D eigenvalue weighted by atomic mass is 16.5. The van der Waals surface area contributed by atoms with E-state index < -0.39 is 18.1 Å². The highest BCUT2D eigenvalue weighted by Crippen LogP contribution is 2.33. The number of fused-ring (bicyclic) bond motifs is 1. The maximum atomic E-state index is 12.3. The van der Waals surface area contributed by atoms with Crippen LogP contribution >= 0.6 is 0 Å². The van der Waals surface area contributed by atoms with E-state index in [0.29, 0.717) is 18.0 Å². The van der Waals surface area contributed by atoms with Crippen molar-refractivity contribution >= 4 is 11.6 Å². The van der Waals surface area contributed by atoms with Crippen LogP contribution in [0.4, 0.5) is 5.69 Å². The molecule has 0 aliphatic carbocycles. The van der Waals surface area contributed by atoms with E-state index in [1.807, 2.05) is 45.0 Å². The fourth-order valence-corrected chi connectivity index (χ4v) is 3.30. The van der Waals surface area contributed by atoms with Crippen molar-refractivity contribution in [1.82, 2.24) is 5.32 Å². The average Bonchev–Trinajstić information content (AvgIpc) is 2.67. The second-order valence-corrected chi connectivity index (χ2v) is 7.79. The summed E-state index contributed by atoms with van der Waals surface area (Å²) < 4.78 is 11.1. The minimum atomic E-state index is -1.03. The number of ether oxygens (including phenoxy) is 2. The van der Waals surface area contributed by atoms with Gasteiger partial charge in [0.2, 0.25) is 6.10 Å². The molecule has 1 aliphatic heterocycles. The van der Waals surface area contributed by atoms with E-state index in [1.54, 1.807) is 6.07 Å². The first-order valence-corrected chi connectivity index (χ1v) is 9.73. The van der Waals surface area contributed by atoms with Crippen molar-refractivity contribution in [2.75, 3.05) is 18.5 Å². The molecule has 3 rings (SSSR count). The molecule has 2 atom stereocenters. The fourth-order valence-electron chi connectivity index (χ4n) is 3.30. The number of anilines is 1. The van der Waals surface area contributed by atoms with Crippen LogP contribution in [0, 0.1) is 0 Å². The lowest BCUT2D eigenvalue weighted by atomic mass is 9.94. The second-order valence-electron chi connectivity index (χ2n) is 7.79. The molecule has 0 spiro atoms. The lowest BCUT2D eigenvalue weighted by Crippen LogP contribution is -2.53. The number of phenols is 1. The van der Waals surface area contributed by atoms with Gasteiger partial charge in [-0.25, -0.2) is 0 Å². The molecule has 0 aromatic heterocycles. The average molecular weight is 400 g/mol. The Morgan fingerprint density at radius 1 is 1.24 bits per heavy atom. The zero-order valence-electron chi connectivity index (χ0n) is 16.9. The van der Waals surface area contributed by atoms with Crippen molar-refractivity contribution in [3.8, 4) is 17.2 Å². The van der Waals surface area contributed by atoms with Gasteiger partial charge < -0.3 is 30.3 Å². The number of aliphatic hydroxyl groups is 1. The summed E-state index contributed by atoms with van der Waals surface area (Å²) in [6, 6.07) is 12.4. The van der Waals surface area contributed by atoms with Crippen LogP contribution in [0.5, 0.6) is 17.2 Å². The largest absolute Gasteiger partial charge is 0.508 e. The number of benzene rings is 2. The van der Waals surface area contributed by atoms with Gasteiger partial charge in [0.25, 0.3) is 5.91 Å². The molecule has 1 aliphatic rings. The summed E-state index contributed by atoms with van der Waals surface area (Å²) in [5, 5.41) is 26.0. The molecule has 2 aromatic rings. The number of nitrogens with one attached hydrogen (secondary N) is 2. The predicted octanol–water partition coefficient (Wildman–Crippen LogP) is 2.46. The number of aliphatic hydroxyl groups excluding tert-OH is 1. The Bertz CT molecular complexity index is 851. The highest BCUT2D eigenvalue weighted by Gasteiger charge is 2.34. The quantitative estimate of drug-likeness (QED) is 0.543. The number of rotatable bonds is 8. The van der Waals surface area contributed by atoms with Crippen LogP contribution in [-0.2, 0) is 11.2 Å². The maximum absolute atomic E-state index is 12.3. The lowest BCUT2D eigenvalue weighted by molar-refractivity contribution is -0.128. The van der Waals surface area contributed by atoms with Crippen molar-refractivity contribution in [2.45, 2.75) is 44.9 Å². The van der Waals surface area contributed by atoms with Gasteiger partial charge in [0, 0.05) is 18.2 Å². The SMILES string of the molecule is CCOc1ccc(CC(C)(C)NCC(O)C2Oc3ccc(O)cc3NC2=O)cc1. The van der Waals surface area contributed by atoms with E-state index in [1.165, 1.54) is 12.1 Å². The van der Waals surface area contributed by atoms with Gasteiger partial charge in [-0.15, -0.1) is 0 Å². The van der Waals surface area contributed by atoms with E-state index in [4.69, 9.17) is 9.47 Å². The fraction of sp³-hybridized carbons (Fsp3) is 0.409. The van der Waals surface area contributed by atoms with Gasteiger partial charge >= 0.3 is 0 Å². The number of hydrogen-bond donors (Lipinski definition) is 4. The Hall–Kier alpha value is -2.77.